The zero-order valence-corrected chi connectivity index (χ0v) is 17.6. The minimum absolute atomic E-state index is 0.500. The summed E-state index contributed by atoms with van der Waals surface area (Å²) in [6, 6.07) is 14.6. The number of hydrogen-bond donors (Lipinski definition) is 0. The van der Waals surface area contributed by atoms with Crippen molar-refractivity contribution in [1.82, 2.24) is 0 Å². The van der Waals surface area contributed by atoms with Crippen molar-refractivity contribution >= 4 is 5.69 Å². The molecule has 0 aromatic heterocycles. The number of ether oxygens (including phenoxy) is 2. The SMILES string of the molecule is C=CCc1ccc(N(C)CC)cc1.CCc1ccc(OC)c(OC)c1.CF. The van der Waals surface area contributed by atoms with Crippen LogP contribution >= 0.6 is 0 Å². The van der Waals surface area contributed by atoms with Gasteiger partial charge in [0.1, 0.15) is 0 Å². The maximum Gasteiger partial charge on any atom is 0.160 e. The third-order valence-electron chi connectivity index (χ3n) is 4.09. The molecule has 0 aliphatic rings. The Morgan fingerprint density at radius 1 is 0.926 bits per heavy atom. The highest BCUT2D eigenvalue weighted by atomic mass is 19.1. The molecule has 0 N–H and O–H groups in total. The van der Waals surface area contributed by atoms with Crippen LogP contribution in [0.3, 0.4) is 0 Å². The van der Waals surface area contributed by atoms with E-state index < -0.39 is 0 Å². The summed E-state index contributed by atoms with van der Waals surface area (Å²) in [6.07, 6.45) is 3.90. The lowest BCUT2D eigenvalue weighted by Crippen LogP contribution is -2.15. The number of anilines is 1. The maximum atomic E-state index is 9.50. The van der Waals surface area contributed by atoms with Crippen molar-refractivity contribution in [3.8, 4) is 11.5 Å². The fourth-order valence-electron chi connectivity index (χ4n) is 2.34. The van der Waals surface area contributed by atoms with E-state index in [1.54, 1.807) is 14.2 Å². The molecule has 0 saturated carbocycles. The van der Waals surface area contributed by atoms with E-state index in [4.69, 9.17) is 9.47 Å². The van der Waals surface area contributed by atoms with Crippen LogP contribution in [0.4, 0.5) is 10.1 Å². The number of hydrogen-bond acceptors (Lipinski definition) is 3. The topological polar surface area (TPSA) is 21.7 Å². The van der Waals surface area contributed by atoms with Gasteiger partial charge in [-0.3, -0.25) is 4.39 Å². The molecule has 0 unspecified atom stereocenters. The maximum absolute atomic E-state index is 9.50. The second kappa shape index (κ2) is 14.7. The van der Waals surface area contributed by atoms with Crippen molar-refractivity contribution in [1.29, 1.82) is 0 Å². The lowest BCUT2D eigenvalue weighted by atomic mass is 10.1. The molecule has 2 rings (SSSR count). The lowest BCUT2D eigenvalue weighted by molar-refractivity contribution is 0.354. The predicted molar refractivity (Wildman–Crippen MR) is 115 cm³/mol. The van der Waals surface area contributed by atoms with Gasteiger partial charge < -0.3 is 14.4 Å². The Balaban J connectivity index is 0.000000460. The Kier molecular flexibility index (Phi) is 13.3. The van der Waals surface area contributed by atoms with Gasteiger partial charge >= 0.3 is 0 Å². The molecular formula is C23H34FNO2. The molecule has 0 amide bonds. The number of allylic oxidation sites excluding steroid dienone is 1. The number of alkyl halides is 1. The van der Waals surface area contributed by atoms with E-state index >= 15 is 0 Å². The van der Waals surface area contributed by atoms with Gasteiger partial charge in [-0.15, -0.1) is 6.58 Å². The molecule has 0 saturated heterocycles. The summed E-state index contributed by atoms with van der Waals surface area (Å²) in [5.74, 6) is 1.59. The smallest absolute Gasteiger partial charge is 0.160 e. The first kappa shape index (κ1) is 24.5. The van der Waals surface area contributed by atoms with Gasteiger partial charge in [-0.05, 0) is 55.2 Å². The quantitative estimate of drug-likeness (QED) is 0.578. The van der Waals surface area contributed by atoms with Gasteiger partial charge in [0.2, 0.25) is 0 Å². The van der Waals surface area contributed by atoms with E-state index in [-0.39, 0.29) is 0 Å². The molecule has 0 aliphatic carbocycles. The minimum atomic E-state index is 0.500. The molecule has 150 valence electrons. The van der Waals surface area contributed by atoms with Gasteiger partial charge in [-0.1, -0.05) is 31.2 Å². The van der Waals surface area contributed by atoms with E-state index in [2.05, 4.69) is 56.6 Å². The number of nitrogens with zero attached hydrogens (tertiary/aromatic N) is 1. The van der Waals surface area contributed by atoms with Crippen molar-refractivity contribution < 1.29 is 13.9 Å². The highest BCUT2D eigenvalue weighted by Gasteiger charge is 2.02. The van der Waals surface area contributed by atoms with Crippen molar-refractivity contribution in [2.45, 2.75) is 26.7 Å². The number of halogens is 1. The average Bonchev–Trinajstić information content (AvgIpc) is 2.75. The third kappa shape index (κ3) is 8.63. The van der Waals surface area contributed by atoms with Gasteiger partial charge in [0.25, 0.3) is 0 Å². The van der Waals surface area contributed by atoms with Crippen LogP contribution in [0.25, 0.3) is 0 Å². The molecular weight excluding hydrogens is 341 g/mol. The molecule has 0 radical (unpaired) electrons. The Morgan fingerprint density at radius 2 is 1.48 bits per heavy atom. The van der Waals surface area contributed by atoms with Crippen molar-refractivity contribution in [3.63, 3.8) is 0 Å². The molecule has 3 nitrogen and oxygen atoms in total. The summed E-state index contributed by atoms with van der Waals surface area (Å²) in [5.41, 5.74) is 3.85. The molecule has 0 spiro atoms. The predicted octanol–water partition coefficient (Wildman–Crippen LogP) is 5.72. The first-order valence-electron chi connectivity index (χ1n) is 9.09. The Morgan fingerprint density at radius 3 is 1.93 bits per heavy atom. The Bertz CT molecular complexity index is 641. The van der Waals surface area contributed by atoms with Crippen molar-refractivity contribution in [2.75, 3.05) is 39.9 Å². The van der Waals surface area contributed by atoms with Crippen LogP contribution < -0.4 is 14.4 Å². The summed E-state index contributed by atoms with van der Waals surface area (Å²) in [4.78, 5) is 2.22. The molecule has 27 heavy (non-hydrogen) atoms. The highest BCUT2D eigenvalue weighted by Crippen LogP contribution is 2.27. The van der Waals surface area contributed by atoms with Crippen LogP contribution in [-0.2, 0) is 12.8 Å². The van der Waals surface area contributed by atoms with Gasteiger partial charge in [-0.2, -0.15) is 0 Å². The molecule has 2 aromatic carbocycles. The Labute approximate surface area is 164 Å². The largest absolute Gasteiger partial charge is 0.493 e. The van der Waals surface area contributed by atoms with Crippen LogP contribution in [0.5, 0.6) is 11.5 Å². The monoisotopic (exact) mass is 375 g/mol. The second-order valence-corrected chi connectivity index (χ2v) is 5.72. The number of aryl methyl sites for hydroxylation is 1. The van der Waals surface area contributed by atoms with Gasteiger partial charge in [0.15, 0.2) is 11.5 Å². The van der Waals surface area contributed by atoms with Gasteiger partial charge in [-0.25, -0.2) is 0 Å². The Hall–Kier alpha value is -2.49. The second-order valence-electron chi connectivity index (χ2n) is 5.72. The zero-order chi connectivity index (χ0) is 20.7. The summed E-state index contributed by atoms with van der Waals surface area (Å²) in [5, 5.41) is 0. The number of methoxy groups -OCH3 is 2. The fourth-order valence-corrected chi connectivity index (χ4v) is 2.34. The molecule has 0 atom stereocenters. The summed E-state index contributed by atoms with van der Waals surface area (Å²) >= 11 is 0. The van der Waals surface area contributed by atoms with Crippen LogP contribution in [0.1, 0.15) is 25.0 Å². The summed E-state index contributed by atoms with van der Waals surface area (Å²) in [6.45, 7) is 9.02. The molecule has 2 aromatic rings. The van der Waals surface area contributed by atoms with Crippen LogP contribution in [0.2, 0.25) is 0 Å². The van der Waals surface area contributed by atoms with E-state index in [1.165, 1.54) is 16.8 Å². The van der Waals surface area contributed by atoms with E-state index in [0.717, 1.165) is 30.9 Å². The lowest BCUT2D eigenvalue weighted by Gasteiger charge is -2.16. The minimum Gasteiger partial charge on any atom is -0.493 e. The standard InChI is InChI=1S/C12H17N.C10H14O2.CH3F/c1-4-6-11-7-9-12(10-8-11)13(3)5-2;1-4-8-5-6-9(11-2)10(7-8)12-3;1-2/h4,7-10H,1,5-6H2,2-3H3;5-7H,4H2,1-3H3;1H3. The molecule has 0 aliphatic heterocycles. The van der Waals surface area contributed by atoms with E-state index in [1.807, 2.05) is 24.3 Å². The first-order valence-corrected chi connectivity index (χ1v) is 9.09. The fraction of sp³-hybridized carbons (Fsp3) is 0.391. The van der Waals surface area contributed by atoms with Crippen LogP contribution in [0, 0.1) is 0 Å². The first-order chi connectivity index (χ1) is 13.1. The van der Waals surface area contributed by atoms with Gasteiger partial charge in [0, 0.05) is 19.3 Å². The molecule has 0 heterocycles. The molecule has 0 bridgehead atoms. The zero-order valence-electron chi connectivity index (χ0n) is 17.6. The van der Waals surface area contributed by atoms with Crippen LogP contribution in [0.15, 0.2) is 55.1 Å². The normalized spacial score (nSPS) is 9.15. The summed E-state index contributed by atoms with van der Waals surface area (Å²) < 4.78 is 19.8. The number of rotatable bonds is 7. The third-order valence-corrected chi connectivity index (χ3v) is 4.09. The average molecular weight is 376 g/mol. The molecule has 0 fully saturated rings. The molecule has 4 heteroatoms. The van der Waals surface area contributed by atoms with E-state index in [9.17, 15) is 4.39 Å². The van der Waals surface area contributed by atoms with Crippen LogP contribution in [-0.4, -0.2) is 35.0 Å². The van der Waals surface area contributed by atoms with Crippen molar-refractivity contribution in [3.05, 3.63) is 66.2 Å². The summed E-state index contributed by atoms with van der Waals surface area (Å²) in [7, 11) is 5.89. The van der Waals surface area contributed by atoms with Gasteiger partial charge in [0.05, 0.1) is 21.4 Å². The van der Waals surface area contributed by atoms with Crippen molar-refractivity contribution in [2.24, 2.45) is 0 Å². The highest BCUT2D eigenvalue weighted by molar-refractivity contribution is 5.47. The van der Waals surface area contributed by atoms with E-state index in [0.29, 0.717) is 7.18 Å². The number of benzene rings is 2.